The molecule has 3 heterocycles. The first-order chi connectivity index (χ1) is 15.0. The van der Waals surface area contributed by atoms with Crippen LogP contribution in [0.1, 0.15) is 23.4 Å². The summed E-state index contributed by atoms with van der Waals surface area (Å²) in [5, 5.41) is 0. The number of hydrogen-bond acceptors (Lipinski definition) is 7. The maximum absolute atomic E-state index is 13.0. The van der Waals surface area contributed by atoms with Gasteiger partial charge in [-0.1, -0.05) is 18.2 Å². The monoisotopic (exact) mass is 464 g/mol. The van der Waals surface area contributed by atoms with Crippen LogP contribution in [-0.2, 0) is 22.1 Å². The quantitative estimate of drug-likeness (QED) is 0.629. The molecule has 7 nitrogen and oxygen atoms in total. The van der Waals surface area contributed by atoms with Gasteiger partial charge in [0.05, 0.1) is 25.3 Å². The lowest BCUT2D eigenvalue weighted by molar-refractivity contribution is -0.154. The molecule has 0 saturated carbocycles. The molecule has 13 heteroatoms. The molecular weight excluding hydrogens is 446 g/mol. The predicted molar refractivity (Wildman–Crippen MR) is 97.1 cm³/mol. The first-order valence-corrected chi connectivity index (χ1v) is 9.65. The van der Waals surface area contributed by atoms with Crippen LogP contribution in [0.3, 0.4) is 0 Å². The third kappa shape index (κ3) is 5.38. The molecule has 174 valence electrons. The molecule has 2 aliphatic rings. The highest BCUT2D eigenvalue weighted by Gasteiger charge is 2.44. The van der Waals surface area contributed by atoms with E-state index in [0.29, 0.717) is 26.2 Å². The molecule has 1 spiro atoms. The summed E-state index contributed by atoms with van der Waals surface area (Å²) in [5.74, 6) is -0.822. The zero-order chi connectivity index (χ0) is 23.0. The van der Waals surface area contributed by atoms with Gasteiger partial charge in [-0.3, -0.25) is 0 Å². The summed E-state index contributed by atoms with van der Waals surface area (Å²) >= 11 is 0. The topological polar surface area (TPSA) is 69.6 Å². The zero-order valence-electron chi connectivity index (χ0n) is 16.5. The second kappa shape index (κ2) is 8.35. The number of nitrogens with zero attached hydrogens (tertiary/aromatic N) is 4. The summed E-state index contributed by atoms with van der Waals surface area (Å²) in [6.45, 7) is -0.113. The highest BCUT2D eigenvalue weighted by Crippen LogP contribution is 2.33. The molecule has 0 radical (unpaired) electrons. The van der Waals surface area contributed by atoms with Crippen LogP contribution in [0, 0.1) is 0 Å². The van der Waals surface area contributed by atoms with Crippen molar-refractivity contribution in [3.63, 3.8) is 0 Å². The van der Waals surface area contributed by atoms with Crippen molar-refractivity contribution in [2.24, 2.45) is 0 Å². The molecule has 0 atom stereocenters. The van der Waals surface area contributed by atoms with Gasteiger partial charge >= 0.3 is 18.4 Å². The minimum Gasteiger partial charge on any atom is -0.454 e. The molecule has 2 aromatic rings. The van der Waals surface area contributed by atoms with Gasteiger partial charge in [0.1, 0.15) is 5.82 Å². The van der Waals surface area contributed by atoms with Crippen molar-refractivity contribution in [2.75, 3.05) is 37.8 Å². The second-order valence-corrected chi connectivity index (χ2v) is 7.39. The molecule has 1 aromatic carbocycles. The van der Waals surface area contributed by atoms with Crippen molar-refractivity contribution in [3.05, 3.63) is 41.2 Å². The first-order valence-electron chi connectivity index (χ1n) is 9.65. The SMILES string of the molecule is FC(F)(F)COc1nc(Cc2cccc(C(F)(F)F)c2)nc(N2CCC3(C2)OCCO3)n1. The summed E-state index contributed by atoms with van der Waals surface area (Å²) < 4.78 is 92.7. The molecule has 1 aromatic heterocycles. The Labute approximate surface area is 178 Å². The van der Waals surface area contributed by atoms with Crippen molar-refractivity contribution >= 4 is 5.95 Å². The van der Waals surface area contributed by atoms with Crippen LogP contribution in [-0.4, -0.2) is 59.8 Å². The van der Waals surface area contributed by atoms with Crippen LogP contribution in [0.5, 0.6) is 6.01 Å². The van der Waals surface area contributed by atoms with Gasteiger partial charge in [-0.2, -0.15) is 41.3 Å². The van der Waals surface area contributed by atoms with Crippen LogP contribution in [0.2, 0.25) is 0 Å². The average Bonchev–Trinajstić information content (AvgIpc) is 3.35. The van der Waals surface area contributed by atoms with Gasteiger partial charge in [0.25, 0.3) is 0 Å². The summed E-state index contributed by atoms with van der Waals surface area (Å²) in [6, 6.07) is 3.97. The number of aromatic nitrogens is 3. The highest BCUT2D eigenvalue weighted by atomic mass is 19.4. The van der Waals surface area contributed by atoms with Gasteiger partial charge in [0.15, 0.2) is 12.4 Å². The fraction of sp³-hybridized carbons (Fsp3) is 0.526. The lowest BCUT2D eigenvalue weighted by Gasteiger charge is -2.22. The Hall–Kier alpha value is -2.67. The van der Waals surface area contributed by atoms with E-state index in [9.17, 15) is 26.3 Å². The zero-order valence-corrected chi connectivity index (χ0v) is 16.5. The first kappa shape index (κ1) is 22.5. The van der Waals surface area contributed by atoms with E-state index < -0.39 is 36.3 Å². The Morgan fingerprint density at radius 1 is 1.03 bits per heavy atom. The minimum absolute atomic E-state index is 0.0271. The second-order valence-electron chi connectivity index (χ2n) is 7.39. The Morgan fingerprint density at radius 2 is 1.78 bits per heavy atom. The van der Waals surface area contributed by atoms with E-state index in [-0.39, 0.29) is 30.3 Å². The number of anilines is 1. The van der Waals surface area contributed by atoms with E-state index in [1.807, 2.05) is 0 Å². The summed E-state index contributed by atoms with van der Waals surface area (Å²) in [7, 11) is 0. The van der Waals surface area contributed by atoms with Gasteiger partial charge in [-0.15, -0.1) is 0 Å². The highest BCUT2D eigenvalue weighted by molar-refractivity contribution is 5.35. The fourth-order valence-corrected chi connectivity index (χ4v) is 3.52. The van der Waals surface area contributed by atoms with Crippen molar-refractivity contribution in [1.82, 2.24) is 15.0 Å². The number of hydrogen-bond donors (Lipinski definition) is 0. The van der Waals surface area contributed by atoms with Gasteiger partial charge in [0.2, 0.25) is 5.95 Å². The number of alkyl halides is 6. The van der Waals surface area contributed by atoms with E-state index in [2.05, 4.69) is 19.7 Å². The molecule has 0 N–H and O–H groups in total. The van der Waals surface area contributed by atoms with E-state index >= 15 is 0 Å². The summed E-state index contributed by atoms with van der Waals surface area (Å²) in [5.41, 5.74) is -0.617. The van der Waals surface area contributed by atoms with Gasteiger partial charge < -0.3 is 19.1 Å². The van der Waals surface area contributed by atoms with Crippen LogP contribution in [0.15, 0.2) is 24.3 Å². The minimum atomic E-state index is -4.61. The van der Waals surface area contributed by atoms with Crippen molar-refractivity contribution in [2.45, 2.75) is 31.0 Å². The Balaban J connectivity index is 1.60. The average molecular weight is 464 g/mol. The molecule has 32 heavy (non-hydrogen) atoms. The maximum Gasteiger partial charge on any atom is 0.422 e. The van der Waals surface area contributed by atoms with Crippen molar-refractivity contribution in [1.29, 1.82) is 0 Å². The van der Waals surface area contributed by atoms with Gasteiger partial charge in [-0.25, -0.2) is 0 Å². The third-order valence-electron chi connectivity index (χ3n) is 4.92. The number of rotatable bonds is 5. The largest absolute Gasteiger partial charge is 0.454 e. The van der Waals surface area contributed by atoms with Crippen molar-refractivity contribution in [3.8, 4) is 6.01 Å². The molecule has 0 bridgehead atoms. The Morgan fingerprint density at radius 3 is 2.47 bits per heavy atom. The molecule has 2 aliphatic heterocycles. The molecule has 0 unspecified atom stereocenters. The molecule has 0 aliphatic carbocycles. The van der Waals surface area contributed by atoms with E-state index in [1.165, 1.54) is 12.1 Å². The standard InChI is InChI=1S/C19H18F6N4O3/c20-18(21,22)11-30-16-27-14(9-12-2-1-3-13(8-12)19(23,24)25)26-15(28-16)29-5-4-17(10-29)31-6-7-32-17/h1-3,8H,4-7,9-11H2. The number of ether oxygens (including phenoxy) is 3. The lowest BCUT2D eigenvalue weighted by Crippen LogP contribution is -2.35. The number of benzene rings is 1. The van der Waals surface area contributed by atoms with Gasteiger partial charge in [-0.05, 0) is 11.6 Å². The van der Waals surface area contributed by atoms with Crippen LogP contribution >= 0.6 is 0 Å². The molecular formula is C19H18F6N4O3. The Kier molecular flexibility index (Phi) is 5.88. The fourth-order valence-electron chi connectivity index (χ4n) is 3.52. The molecule has 4 rings (SSSR count). The van der Waals surface area contributed by atoms with Crippen LogP contribution in [0.25, 0.3) is 0 Å². The predicted octanol–water partition coefficient (Wildman–Crippen LogP) is 3.38. The lowest BCUT2D eigenvalue weighted by atomic mass is 10.1. The van der Waals surface area contributed by atoms with Crippen molar-refractivity contribution < 1.29 is 40.6 Å². The summed E-state index contributed by atoms with van der Waals surface area (Å²) in [6.07, 6.45) is -8.81. The van der Waals surface area contributed by atoms with Crippen LogP contribution in [0.4, 0.5) is 32.3 Å². The molecule has 2 fully saturated rings. The van der Waals surface area contributed by atoms with E-state index in [0.717, 1.165) is 12.1 Å². The van der Waals surface area contributed by atoms with Gasteiger partial charge in [0, 0.05) is 19.4 Å². The smallest absolute Gasteiger partial charge is 0.422 e. The maximum atomic E-state index is 13.0. The third-order valence-corrected chi connectivity index (χ3v) is 4.92. The molecule has 2 saturated heterocycles. The van der Waals surface area contributed by atoms with E-state index in [1.54, 1.807) is 4.90 Å². The van der Waals surface area contributed by atoms with Crippen LogP contribution < -0.4 is 9.64 Å². The van der Waals surface area contributed by atoms with E-state index in [4.69, 9.17) is 9.47 Å². The molecule has 0 amide bonds. The Bertz CT molecular complexity index is 963. The normalized spacial score (nSPS) is 18.5. The summed E-state index contributed by atoms with van der Waals surface area (Å²) in [4.78, 5) is 13.7. The number of halogens is 6.